The molecule has 1 aromatic carbocycles. The van der Waals surface area contributed by atoms with Crippen LogP contribution in [0.15, 0.2) is 18.2 Å². The molecule has 86 valence electrons. The number of rotatable bonds is 4. The third-order valence-corrected chi connectivity index (χ3v) is 1.79. The fourth-order valence-electron chi connectivity index (χ4n) is 1.05. The smallest absolute Gasteiger partial charge is 0.341 e. The van der Waals surface area contributed by atoms with E-state index in [9.17, 15) is 14.7 Å². The Balaban J connectivity index is 2.90. The van der Waals surface area contributed by atoms with Crippen LogP contribution in [0.1, 0.15) is 20.7 Å². The monoisotopic (exact) mass is 226 g/mol. The van der Waals surface area contributed by atoms with Gasteiger partial charge < -0.3 is 20.1 Å². The highest BCUT2D eigenvalue weighted by molar-refractivity contribution is 5.95. The number of carboxylic acid groups (broad SMARTS) is 1. The third-order valence-electron chi connectivity index (χ3n) is 1.79. The van der Waals surface area contributed by atoms with Crippen LogP contribution in [-0.4, -0.2) is 40.5 Å². The summed E-state index contributed by atoms with van der Waals surface area (Å²) in [6.07, 6.45) is 0. The van der Waals surface area contributed by atoms with Gasteiger partial charge in [0.15, 0.2) is 0 Å². The predicted octanol–water partition coefficient (Wildman–Crippen LogP) is 0.239. The Morgan fingerprint density at radius 1 is 1.31 bits per heavy atom. The standard InChI is InChI=1S/C10H10O6/c11-3-4-16-10(15)7-2-1-6(9(13)14)5-8(7)12/h1-2,5,11-12H,3-4H2,(H,13,14). The molecule has 0 unspecified atom stereocenters. The van der Waals surface area contributed by atoms with Crippen LogP contribution in [-0.2, 0) is 4.74 Å². The van der Waals surface area contributed by atoms with Crippen LogP contribution in [0.4, 0.5) is 0 Å². The zero-order valence-corrected chi connectivity index (χ0v) is 8.21. The maximum Gasteiger partial charge on any atom is 0.341 e. The summed E-state index contributed by atoms with van der Waals surface area (Å²) in [7, 11) is 0. The van der Waals surface area contributed by atoms with Crippen molar-refractivity contribution < 1.29 is 29.6 Å². The van der Waals surface area contributed by atoms with Gasteiger partial charge in [0.2, 0.25) is 0 Å². The summed E-state index contributed by atoms with van der Waals surface area (Å²) in [4.78, 5) is 21.8. The van der Waals surface area contributed by atoms with Crippen molar-refractivity contribution in [2.45, 2.75) is 0 Å². The molecule has 0 aliphatic carbocycles. The SMILES string of the molecule is O=C(O)c1ccc(C(=O)OCCO)c(O)c1. The zero-order valence-electron chi connectivity index (χ0n) is 8.21. The van der Waals surface area contributed by atoms with E-state index >= 15 is 0 Å². The number of benzene rings is 1. The van der Waals surface area contributed by atoms with E-state index in [0.717, 1.165) is 12.1 Å². The minimum absolute atomic E-state index is 0.129. The van der Waals surface area contributed by atoms with Crippen molar-refractivity contribution in [1.29, 1.82) is 0 Å². The van der Waals surface area contributed by atoms with Gasteiger partial charge in [-0.2, -0.15) is 0 Å². The van der Waals surface area contributed by atoms with Crippen LogP contribution in [0.25, 0.3) is 0 Å². The summed E-state index contributed by atoms with van der Waals surface area (Å²) in [6.45, 7) is -0.501. The van der Waals surface area contributed by atoms with Gasteiger partial charge in [0.05, 0.1) is 12.2 Å². The Bertz CT molecular complexity index is 412. The summed E-state index contributed by atoms with van der Waals surface area (Å²) >= 11 is 0. The number of hydrogen-bond donors (Lipinski definition) is 3. The van der Waals surface area contributed by atoms with E-state index in [2.05, 4.69) is 4.74 Å². The molecule has 16 heavy (non-hydrogen) atoms. The Kier molecular flexibility index (Phi) is 3.84. The number of phenols is 1. The Labute approximate surface area is 90.7 Å². The van der Waals surface area contributed by atoms with Gasteiger partial charge in [-0.25, -0.2) is 9.59 Å². The highest BCUT2D eigenvalue weighted by atomic mass is 16.5. The fraction of sp³-hybridized carbons (Fsp3) is 0.200. The van der Waals surface area contributed by atoms with E-state index in [0.29, 0.717) is 0 Å². The molecule has 6 heteroatoms. The topological polar surface area (TPSA) is 104 Å². The number of aliphatic hydroxyl groups is 1. The van der Waals surface area contributed by atoms with Gasteiger partial charge in [-0.15, -0.1) is 0 Å². The zero-order chi connectivity index (χ0) is 12.1. The van der Waals surface area contributed by atoms with E-state index in [-0.39, 0.29) is 24.3 Å². The first-order valence-electron chi connectivity index (χ1n) is 4.40. The van der Waals surface area contributed by atoms with E-state index in [1.54, 1.807) is 0 Å². The van der Waals surface area contributed by atoms with Crippen molar-refractivity contribution in [2.75, 3.05) is 13.2 Å². The molecule has 0 saturated heterocycles. The molecule has 1 aromatic rings. The third kappa shape index (κ3) is 2.71. The van der Waals surface area contributed by atoms with Gasteiger partial charge in [0.25, 0.3) is 0 Å². The molecule has 0 aliphatic rings. The lowest BCUT2D eigenvalue weighted by molar-refractivity contribution is 0.0430. The average Bonchev–Trinajstić information content (AvgIpc) is 2.25. The Morgan fingerprint density at radius 3 is 2.50 bits per heavy atom. The maximum atomic E-state index is 11.3. The maximum absolute atomic E-state index is 11.3. The number of aliphatic hydroxyl groups excluding tert-OH is 1. The second-order valence-corrected chi connectivity index (χ2v) is 2.90. The van der Waals surface area contributed by atoms with Crippen LogP contribution >= 0.6 is 0 Å². The van der Waals surface area contributed by atoms with Gasteiger partial charge in [0, 0.05) is 0 Å². The van der Waals surface area contributed by atoms with Crippen LogP contribution in [0.2, 0.25) is 0 Å². The first-order chi connectivity index (χ1) is 7.56. The first kappa shape index (κ1) is 12.0. The van der Waals surface area contributed by atoms with E-state index in [1.165, 1.54) is 6.07 Å². The summed E-state index contributed by atoms with van der Waals surface area (Å²) in [6, 6.07) is 3.29. The molecule has 0 atom stereocenters. The van der Waals surface area contributed by atoms with Crippen molar-refractivity contribution in [1.82, 2.24) is 0 Å². The summed E-state index contributed by atoms with van der Waals surface area (Å²) in [5.41, 5.74) is -0.269. The molecule has 0 fully saturated rings. The molecular weight excluding hydrogens is 216 g/mol. The normalized spacial score (nSPS) is 9.81. The lowest BCUT2D eigenvalue weighted by Crippen LogP contribution is -2.09. The molecule has 0 aromatic heterocycles. The number of ether oxygens (including phenoxy) is 1. The molecule has 0 aliphatic heterocycles. The first-order valence-corrected chi connectivity index (χ1v) is 4.40. The molecule has 0 spiro atoms. The summed E-state index contributed by atoms with van der Waals surface area (Å²) in [5.74, 6) is -2.49. The number of aromatic hydroxyl groups is 1. The van der Waals surface area contributed by atoms with Crippen LogP contribution in [0.3, 0.4) is 0 Å². The molecule has 6 nitrogen and oxygen atoms in total. The number of hydrogen-bond acceptors (Lipinski definition) is 5. The fourth-order valence-corrected chi connectivity index (χ4v) is 1.05. The second-order valence-electron chi connectivity index (χ2n) is 2.90. The number of carbonyl (C=O) groups is 2. The molecule has 0 heterocycles. The van der Waals surface area contributed by atoms with Crippen LogP contribution < -0.4 is 0 Å². The highest BCUT2D eigenvalue weighted by Gasteiger charge is 2.14. The number of aromatic carboxylic acids is 1. The number of esters is 1. The van der Waals surface area contributed by atoms with Gasteiger partial charge in [-0.3, -0.25) is 0 Å². The molecule has 0 radical (unpaired) electrons. The lowest BCUT2D eigenvalue weighted by Gasteiger charge is -2.05. The molecule has 1 rings (SSSR count). The van der Waals surface area contributed by atoms with Gasteiger partial charge in [-0.1, -0.05) is 0 Å². The van der Waals surface area contributed by atoms with E-state index in [4.69, 9.17) is 10.2 Å². The van der Waals surface area contributed by atoms with Gasteiger partial charge >= 0.3 is 11.9 Å². The summed E-state index contributed by atoms with van der Waals surface area (Å²) < 4.78 is 4.56. The molecular formula is C10H10O6. The van der Waals surface area contributed by atoms with Gasteiger partial charge in [-0.05, 0) is 18.2 Å². The number of carbonyl (C=O) groups excluding carboxylic acids is 1. The van der Waals surface area contributed by atoms with Crippen molar-refractivity contribution in [3.05, 3.63) is 29.3 Å². The quantitative estimate of drug-likeness (QED) is 0.635. The molecule has 0 bridgehead atoms. The highest BCUT2D eigenvalue weighted by Crippen LogP contribution is 2.19. The largest absolute Gasteiger partial charge is 0.507 e. The van der Waals surface area contributed by atoms with Crippen LogP contribution in [0.5, 0.6) is 5.75 Å². The van der Waals surface area contributed by atoms with Crippen molar-refractivity contribution in [2.24, 2.45) is 0 Å². The average molecular weight is 226 g/mol. The minimum atomic E-state index is -1.20. The Morgan fingerprint density at radius 2 is 2.00 bits per heavy atom. The minimum Gasteiger partial charge on any atom is -0.507 e. The van der Waals surface area contributed by atoms with E-state index in [1.807, 2.05) is 0 Å². The Hall–Kier alpha value is -2.08. The van der Waals surface area contributed by atoms with Crippen molar-refractivity contribution >= 4 is 11.9 Å². The number of phenolic OH excluding ortho intramolecular Hbond substituents is 1. The van der Waals surface area contributed by atoms with E-state index < -0.39 is 17.7 Å². The predicted molar refractivity (Wildman–Crippen MR) is 52.4 cm³/mol. The lowest BCUT2D eigenvalue weighted by atomic mass is 10.1. The second kappa shape index (κ2) is 5.13. The molecule has 0 saturated carbocycles. The van der Waals surface area contributed by atoms with Crippen molar-refractivity contribution in [3.63, 3.8) is 0 Å². The van der Waals surface area contributed by atoms with Crippen molar-refractivity contribution in [3.8, 4) is 5.75 Å². The molecule has 0 amide bonds. The molecule has 3 N–H and O–H groups in total. The number of carboxylic acids is 1. The summed E-state index contributed by atoms with van der Waals surface area (Å²) in [5, 5.41) is 26.4. The van der Waals surface area contributed by atoms with Gasteiger partial charge in [0.1, 0.15) is 17.9 Å². The van der Waals surface area contributed by atoms with Crippen LogP contribution in [0, 0.1) is 0 Å².